The summed E-state index contributed by atoms with van der Waals surface area (Å²) in [5.41, 5.74) is 2.94. The number of aliphatic hydroxyl groups excluding tert-OH is 1. The molecule has 1 atom stereocenters. The van der Waals surface area contributed by atoms with Gasteiger partial charge < -0.3 is 14.6 Å². The second kappa shape index (κ2) is 5.97. The van der Waals surface area contributed by atoms with Crippen LogP contribution in [-0.4, -0.2) is 12.2 Å². The molecule has 0 spiro atoms. The van der Waals surface area contributed by atoms with Gasteiger partial charge in [0.15, 0.2) is 0 Å². The summed E-state index contributed by atoms with van der Waals surface area (Å²) in [6.45, 7) is 5.76. The molecule has 3 heteroatoms. The maximum atomic E-state index is 9.94. The summed E-state index contributed by atoms with van der Waals surface area (Å²) in [6.07, 6.45) is -0.660. The van der Waals surface area contributed by atoms with Gasteiger partial charge in [0.2, 0.25) is 0 Å². The SMILES string of the molecule is COc1cccc(Oc2cc(C)cc(C)c2)c1C(C)O. The van der Waals surface area contributed by atoms with E-state index in [-0.39, 0.29) is 0 Å². The fourth-order valence-electron chi connectivity index (χ4n) is 2.32. The van der Waals surface area contributed by atoms with Crippen molar-refractivity contribution in [1.29, 1.82) is 0 Å². The van der Waals surface area contributed by atoms with Gasteiger partial charge in [0, 0.05) is 0 Å². The lowest BCUT2D eigenvalue weighted by Crippen LogP contribution is -2.00. The first-order valence-electron chi connectivity index (χ1n) is 6.62. The number of hydrogen-bond acceptors (Lipinski definition) is 3. The average molecular weight is 272 g/mol. The van der Waals surface area contributed by atoms with Gasteiger partial charge in [-0.15, -0.1) is 0 Å². The quantitative estimate of drug-likeness (QED) is 0.908. The van der Waals surface area contributed by atoms with Crippen LogP contribution in [0.5, 0.6) is 17.2 Å². The standard InChI is InChI=1S/C17H20O3/c1-11-8-12(2)10-14(9-11)20-16-7-5-6-15(19-4)17(16)13(3)18/h5-10,13,18H,1-4H3. The molecule has 0 saturated heterocycles. The van der Waals surface area contributed by atoms with Gasteiger partial charge in [-0.25, -0.2) is 0 Å². The predicted molar refractivity (Wildman–Crippen MR) is 79.6 cm³/mol. The average Bonchev–Trinajstić information content (AvgIpc) is 2.36. The Morgan fingerprint density at radius 2 is 1.60 bits per heavy atom. The van der Waals surface area contributed by atoms with Crippen molar-refractivity contribution < 1.29 is 14.6 Å². The van der Waals surface area contributed by atoms with E-state index in [0.717, 1.165) is 16.9 Å². The van der Waals surface area contributed by atoms with E-state index < -0.39 is 6.10 Å². The van der Waals surface area contributed by atoms with E-state index in [2.05, 4.69) is 6.07 Å². The molecule has 2 aromatic carbocycles. The molecule has 106 valence electrons. The summed E-state index contributed by atoms with van der Waals surface area (Å²) in [5, 5.41) is 9.94. The van der Waals surface area contributed by atoms with Crippen LogP contribution in [0, 0.1) is 13.8 Å². The summed E-state index contributed by atoms with van der Waals surface area (Å²) in [6, 6.07) is 11.5. The molecule has 0 amide bonds. The predicted octanol–water partition coefficient (Wildman–Crippen LogP) is 4.16. The first kappa shape index (κ1) is 14.4. The third-order valence-corrected chi connectivity index (χ3v) is 3.09. The molecule has 2 aromatic rings. The van der Waals surface area contributed by atoms with E-state index in [1.165, 1.54) is 0 Å². The van der Waals surface area contributed by atoms with Crippen LogP contribution < -0.4 is 9.47 Å². The maximum absolute atomic E-state index is 9.94. The van der Waals surface area contributed by atoms with Crippen molar-refractivity contribution >= 4 is 0 Å². The monoisotopic (exact) mass is 272 g/mol. The van der Waals surface area contributed by atoms with Gasteiger partial charge in [0.25, 0.3) is 0 Å². The van der Waals surface area contributed by atoms with Gasteiger partial charge >= 0.3 is 0 Å². The highest BCUT2D eigenvalue weighted by Crippen LogP contribution is 2.36. The Morgan fingerprint density at radius 3 is 2.15 bits per heavy atom. The van der Waals surface area contributed by atoms with Crippen molar-refractivity contribution in [2.24, 2.45) is 0 Å². The van der Waals surface area contributed by atoms with Crippen molar-refractivity contribution in [2.45, 2.75) is 26.9 Å². The van der Waals surface area contributed by atoms with Crippen molar-refractivity contribution in [3.05, 3.63) is 53.1 Å². The molecule has 0 saturated carbocycles. The van der Waals surface area contributed by atoms with E-state index in [0.29, 0.717) is 17.1 Å². The fourth-order valence-corrected chi connectivity index (χ4v) is 2.32. The molecular weight excluding hydrogens is 252 g/mol. The normalized spacial score (nSPS) is 12.1. The molecule has 0 aliphatic rings. The minimum absolute atomic E-state index is 0.615. The Labute approximate surface area is 119 Å². The zero-order valence-corrected chi connectivity index (χ0v) is 12.3. The Hall–Kier alpha value is -2.00. The molecule has 0 bridgehead atoms. The number of hydrogen-bond donors (Lipinski definition) is 1. The lowest BCUT2D eigenvalue weighted by molar-refractivity contribution is 0.190. The minimum atomic E-state index is -0.660. The largest absolute Gasteiger partial charge is 0.496 e. The van der Waals surface area contributed by atoms with Crippen LogP contribution in [0.2, 0.25) is 0 Å². The number of methoxy groups -OCH3 is 1. The highest BCUT2D eigenvalue weighted by molar-refractivity contribution is 5.48. The third kappa shape index (κ3) is 3.11. The van der Waals surface area contributed by atoms with E-state index in [1.807, 2.05) is 44.2 Å². The van der Waals surface area contributed by atoms with Crippen molar-refractivity contribution in [3.63, 3.8) is 0 Å². The van der Waals surface area contributed by atoms with E-state index in [9.17, 15) is 5.11 Å². The topological polar surface area (TPSA) is 38.7 Å². The molecule has 1 unspecified atom stereocenters. The summed E-state index contributed by atoms with van der Waals surface area (Å²) in [7, 11) is 1.59. The molecule has 0 radical (unpaired) electrons. The molecule has 0 aliphatic carbocycles. The zero-order valence-electron chi connectivity index (χ0n) is 12.3. The summed E-state index contributed by atoms with van der Waals surface area (Å²) >= 11 is 0. The highest BCUT2D eigenvalue weighted by atomic mass is 16.5. The van der Waals surface area contributed by atoms with Crippen LogP contribution in [0.4, 0.5) is 0 Å². The first-order valence-corrected chi connectivity index (χ1v) is 6.62. The lowest BCUT2D eigenvalue weighted by Gasteiger charge is -2.17. The molecular formula is C17H20O3. The minimum Gasteiger partial charge on any atom is -0.496 e. The molecule has 0 aromatic heterocycles. The van der Waals surface area contributed by atoms with E-state index in [4.69, 9.17) is 9.47 Å². The smallest absolute Gasteiger partial charge is 0.136 e. The van der Waals surface area contributed by atoms with Gasteiger partial charge in [-0.05, 0) is 56.2 Å². The second-order valence-electron chi connectivity index (χ2n) is 4.97. The van der Waals surface area contributed by atoms with Crippen LogP contribution >= 0.6 is 0 Å². The van der Waals surface area contributed by atoms with Crippen molar-refractivity contribution in [3.8, 4) is 17.2 Å². The number of rotatable bonds is 4. The molecule has 1 N–H and O–H groups in total. The molecule has 0 aliphatic heterocycles. The summed E-state index contributed by atoms with van der Waals surface area (Å²) < 4.78 is 11.2. The Kier molecular flexibility index (Phi) is 4.30. The highest BCUT2D eigenvalue weighted by Gasteiger charge is 2.16. The van der Waals surface area contributed by atoms with Gasteiger partial charge in [-0.1, -0.05) is 12.1 Å². The molecule has 0 heterocycles. The fraction of sp³-hybridized carbons (Fsp3) is 0.294. The second-order valence-corrected chi connectivity index (χ2v) is 4.97. The number of benzene rings is 2. The van der Waals surface area contributed by atoms with Gasteiger partial charge in [-0.3, -0.25) is 0 Å². The van der Waals surface area contributed by atoms with Gasteiger partial charge in [-0.2, -0.15) is 0 Å². The first-order chi connectivity index (χ1) is 9.51. The molecule has 20 heavy (non-hydrogen) atoms. The van der Waals surface area contributed by atoms with Crippen LogP contribution in [-0.2, 0) is 0 Å². The van der Waals surface area contributed by atoms with Crippen LogP contribution in [0.25, 0.3) is 0 Å². The van der Waals surface area contributed by atoms with E-state index in [1.54, 1.807) is 14.0 Å². The van der Waals surface area contributed by atoms with Crippen LogP contribution in [0.3, 0.4) is 0 Å². The maximum Gasteiger partial charge on any atom is 0.136 e. The Bertz CT molecular complexity index is 583. The third-order valence-electron chi connectivity index (χ3n) is 3.09. The lowest BCUT2D eigenvalue weighted by atomic mass is 10.1. The Morgan fingerprint density at radius 1 is 1.00 bits per heavy atom. The number of aryl methyl sites for hydroxylation is 2. The summed E-state index contributed by atoms with van der Waals surface area (Å²) in [4.78, 5) is 0. The van der Waals surface area contributed by atoms with E-state index >= 15 is 0 Å². The van der Waals surface area contributed by atoms with Gasteiger partial charge in [0.05, 0.1) is 18.8 Å². The number of aliphatic hydroxyl groups is 1. The van der Waals surface area contributed by atoms with Crippen molar-refractivity contribution in [2.75, 3.05) is 7.11 Å². The van der Waals surface area contributed by atoms with Crippen LogP contribution in [0.15, 0.2) is 36.4 Å². The molecule has 0 fully saturated rings. The molecule has 3 nitrogen and oxygen atoms in total. The molecule has 2 rings (SSSR count). The van der Waals surface area contributed by atoms with Crippen molar-refractivity contribution in [1.82, 2.24) is 0 Å². The number of ether oxygens (including phenoxy) is 2. The van der Waals surface area contributed by atoms with Gasteiger partial charge in [0.1, 0.15) is 17.2 Å². The van der Waals surface area contributed by atoms with Crippen LogP contribution in [0.1, 0.15) is 29.7 Å². The zero-order chi connectivity index (χ0) is 14.7. The summed E-state index contributed by atoms with van der Waals surface area (Å²) in [5.74, 6) is 2.00. The Balaban J connectivity index is 2.42.